The van der Waals surface area contributed by atoms with Crippen molar-refractivity contribution in [2.75, 3.05) is 12.4 Å². The molecule has 2 rings (SSSR count). The summed E-state index contributed by atoms with van der Waals surface area (Å²) in [6, 6.07) is 7.76. The maximum absolute atomic E-state index is 12.3. The van der Waals surface area contributed by atoms with Crippen LogP contribution in [0, 0.1) is 17.0 Å². The van der Waals surface area contributed by atoms with Crippen molar-refractivity contribution in [3.63, 3.8) is 0 Å². The molecule has 23 heavy (non-hydrogen) atoms. The van der Waals surface area contributed by atoms with E-state index in [0.29, 0.717) is 11.3 Å². The van der Waals surface area contributed by atoms with Crippen molar-refractivity contribution in [3.8, 4) is 0 Å². The van der Waals surface area contributed by atoms with Gasteiger partial charge in [0.15, 0.2) is 0 Å². The molecule has 1 aromatic carbocycles. The van der Waals surface area contributed by atoms with E-state index in [1.165, 1.54) is 12.1 Å². The minimum atomic E-state index is -0.447. The molecule has 0 saturated heterocycles. The maximum atomic E-state index is 12.3. The number of nitro benzene ring substituents is 1. The van der Waals surface area contributed by atoms with Crippen molar-refractivity contribution in [2.45, 2.75) is 19.9 Å². The number of hydrogen-bond donors (Lipinski definition) is 1. The first-order valence-electron chi connectivity index (χ1n) is 7.09. The molecule has 7 heteroatoms. The predicted molar refractivity (Wildman–Crippen MR) is 87.3 cm³/mol. The van der Waals surface area contributed by atoms with Crippen LogP contribution in [-0.4, -0.2) is 27.9 Å². The number of rotatable bonds is 4. The van der Waals surface area contributed by atoms with Crippen LogP contribution in [0.3, 0.4) is 0 Å². The summed E-state index contributed by atoms with van der Waals surface area (Å²) in [5.74, 6) is 0. The van der Waals surface area contributed by atoms with Gasteiger partial charge >= 0.3 is 6.03 Å². The number of amides is 2. The molecule has 0 unspecified atom stereocenters. The van der Waals surface area contributed by atoms with E-state index in [4.69, 9.17) is 0 Å². The fraction of sp³-hybridized carbons (Fsp3) is 0.250. The zero-order valence-corrected chi connectivity index (χ0v) is 13.2. The van der Waals surface area contributed by atoms with Crippen molar-refractivity contribution < 1.29 is 9.72 Å². The number of nitro groups is 1. The number of urea groups is 1. The number of carbonyl (C=O) groups excluding carboxylic acids is 1. The zero-order chi connectivity index (χ0) is 17.0. The highest BCUT2D eigenvalue weighted by atomic mass is 16.6. The van der Waals surface area contributed by atoms with Gasteiger partial charge < -0.3 is 10.2 Å². The van der Waals surface area contributed by atoms with E-state index in [9.17, 15) is 14.9 Å². The number of carbonyl (C=O) groups is 1. The van der Waals surface area contributed by atoms with Gasteiger partial charge in [0, 0.05) is 36.8 Å². The lowest BCUT2D eigenvalue weighted by Gasteiger charge is -2.25. The Kier molecular flexibility index (Phi) is 4.90. The number of aryl methyl sites for hydroxylation is 1. The third-order valence-electron chi connectivity index (χ3n) is 3.71. The molecule has 120 valence electrons. The Hall–Kier alpha value is -2.96. The number of aromatic nitrogens is 1. The molecule has 1 atom stereocenters. The van der Waals surface area contributed by atoms with Crippen molar-refractivity contribution in [1.82, 2.24) is 9.88 Å². The van der Waals surface area contributed by atoms with Gasteiger partial charge in [0.2, 0.25) is 0 Å². The van der Waals surface area contributed by atoms with Gasteiger partial charge in [0.25, 0.3) is 5.69 Å². The molecule has 2 amide bonds. The van der Waals surface area contributed by atoms with E-state index in [1.54, 1.807) is 37.3 Å². The van der Waals surface area contributed by atoms with Crippen molar-refractivity contribution in [3.05, 3.63) is 64.0 Å². The number of nitrogens with one attached hydrogen (secondary N) is 1. The van der Waals surface area contributed by atoms with Gasteiger partial charge in [-0.25, -0.2) is 4.79 Å². The average molecular weight is 314 g/mol. The lowest BCUT2D eigenvalue weighted by Crippen LogP contribution is -2.33. The van der Waals surface area contributed by atoms with Crippen LogP contribution in [0.15, 0.2) is 42.7 Å². The van der Waals surface area contributed by atoms with E-state index in [0.717, 1.165) is 5.56 Å². The molecule has 0 bridgehead atoms. The normalized spacial score (nSPS) is 11.6. The summed E-state index contributed by atoms with van der Waals surface area (Å²) in [7, 11) is 1.69. The van der Waals surface area contributed by atoms with Gasteiger partial charge in [-0.05, 0) is 37.6 Å². The highest BCUT2D eigenvalue weighted by Crippen LogP contribution is 2.23. The van der Waals surface area contributed by atoms with E-state index in [1.807, 2.05) is 19.1 Å². The summed E-state index contributed by atoms with van der Waals surface area (Å²) >= 11 is 0. The van der Waals surface area contributed by atoms with Crippen molar-refractivity contribution >= 4 is 17.4 Å². The fourth-order valence-electron chi connectivity index (χ4n) is 2.17. The molecule has 1 heterocycles. The number of anilines is 1. The number of hydrogen-bond acceptors (Lipinski definition) is 4. The fourth-order valence-corrected chi connectivity index (χ4v) is 2.17. The summed E-state index contributed by atoms with van der Waals surface area (Å²) in [6.45, 7) is 3.54. The predicted octanol–water partition coefficient (Wildman–Crippen LogP) is 3.52. The summed E-state index contributed by atoms with van der Waals surface area (Å²) in [5.41, 5.74) is 1.96. The molecule has 0 aliphatic heterocycles. The van der Waals surface area contributed by atoms with E-state index >= 15 is 0 Å². The van der Waals surface area contributed by atoms with Gasteiger partial charge in [0.05, 0.1) is 11.0 Å². The number of pyridine rings is 1. The first-order chi connectivity index (χ1) is 10.9. The van der Waals surface area contributed by atoms with E-state index < -0.39 is 4.92 Å². The summed E-state index contributed by atoms with van der Waals surface area (Å²) in [5, 5.41) is 13.6. The second-order valence-electron chi connectivity index (χ2n) is 5.26. The quantitative estimate of drug-likeness (QED) is 0.690. The summed E-state index contributed by atoms with van der Waals surface area (Å²) < 4.78 is 0. The Morgan fingerprint density at radius 3 is 2.70 bits per heavy atom. The molecule has 0 fully saturated rings. The van der Waals surface area contributed by atoms with Gasteiger partial charge in [-0.2, -0.15) is 0 Å². The Morgan fingerprint density at radius 2 is 2.13 bits per heavy atom. The van der Waals surface area contributed by atoms with Gasteiger partial charge in [0.1, 0.15) is 0 Å². The Labute approximate surface area is 134 Å². The number of benzene rings is 1. The molecule has 1 N–H and O–H groups in total. The molecule has 0 saturated carbocycles. The van der Waals surface area contributed by atoms with Crippen LogP contribution < -0.4 is 5.32 Å². The molecule has 0 aliphatic carbocycles. The van der Waals surface area contributed by atoms with Gasteiger partial charge in [-0.1, -0.05) is 6.07 Å². The minimum Gasteiger partial charge on any atom is -0.321 e. The first kappa shape index (κ1) is 16.4. The Balaban J connectivity index is 2.09. The maximum Gasteiger partial charge on any atom is 0.322 e. The van der Waals surface area contributed by atoms with Crippen LogP contribution >= 0.6 is 0 Å². The molecule has 2 aromatic rings. The van der Waals surface area contributed by atoms with Gasteiger partial charge in [-0.15, -0.1) is 0 Å². The Bertz CT molecular complexity index is 719. The standard InChI is InChI=1S/C16H18N4O3/c1-11-9-14(6-7-15(11)20(22)23)18-16(21)19(3)12(2)13-5-4-8-17-10-13/h4-10,12H,1-3H3,(H,18,21)/t12-/m1/s1. The van der Waals surface area contributed by atoms with Crippen molar-refractivity contribution in [2.24, 2.45) is 0 Å². The van der Waals surface area contributed by atoms with Gasteiger partial charge in [-0.3, -0.25) is 15.1 Å². The van der Waals surface area contributed by atoms with Crippen LogP contribution in [0.25, 0.3) is 0 Å². The smallest absolute Gasteiger partial charge is 0.321 e. The topological polar surface area (TPSA) is 88.4 Å². The minimum absolute atomic E-state index is 0.0279. The second-order valence-corrected chi connectivity index (χ2v) is 5.26. The largest absolute Gasteiger partial charge is 0.322 e. The van der Waals surface area contributed by atoms with Crippen LogP contribution in [-0.2, 0) is 0 Å². The zero-order valence-electron chi connectivity index (χ0n) is 13.2. The van der Waals surface area contributed by atoms with Crippen LogP contribution in [0.5, 0.6) is 0 Å². The first-order valence-corrected chi connectivity index (χ1v) is 7.09. The van der Waals surface area contributed by atoms with Crippen LogP contribution in [0.1, 0.15) is 24.1 Å². The summed E-state index contributed by atoms with van der Waals surface area (Å²) in [6.07, 6.45) is 3.39. The highest BCUT2D eigenvalue weighted by molar-refractivity contribution is 5.89. The molecular weight excluding hydrogens is 296 g/mol. The molecule has 7 nitrogen and oxygen atoms in total. The molecule has 0 radical (unpaired) electrons. The van der Waals surface area contributed by atoms with E-state index in [2.05, 4.69) is 10.3 Å². The van der Waals surface area contributed by atoms with Crippen LogP contribution in [0.4, 0.5) is 16.2 Å². The monoisotopic (exact) mass is 314 g/mol. The molecule has 0 spiro atoms. The van der Waals surface area contributed by atoms with E-state index in [-0.39, 0.29) is 17.8 Å². The SMILES string of the molecule is Cc1cc(NC(=O)N(C)[C@H](C)c2cccnc2)ccc1[N+](=O)[O-]. The lowest BCUT2D eigenvalue weighted by molar-refractivity contribution is -0.385. The summed E-state index contributed by atoms with van der Waals surface area (Å²) in [4.78, 5) is 28.3. The molecule has 1 aromatic heterocycles. The molecule has 0 aliphatic rings. The molecular formula is C16H18N4O3. The number of nitrogens with zero attached hydrogens (tertiary/aromatic N) is 3. The average Bonchev–Trinajstić information content (AvgIpc) is 2.54. The lowest BCUT2D eigenvalue weighted by atomic mass is 10.1. The second kappa shape index (κ2) is 6.87. The third-order valence-corrected chi connectivity index (χ3v) is 3.71. The van der Waals surface area contributed by atoms with Crippen molar-refractivity contribution in [1.29, 1.82) is 0 Å². The van der Waals surface area contributed by atoms with Crippen LogP contribution in [0.2, 0.25) is 0 Å². The third kappa shape index (κ3) is 3.82. The highest BCUT2D eigenvalue weighted by Gasteiger charge is 2.18. The Morgan fingerprint density at radius 1 is 1.39 bits per heavy atom.